The molecule has 0 atom stereocenters. The largest absolute Gasteiger partial charge is 0.395 e. The molecule has 0 unspecified atom stereocenters. The number of amides is 2. The molecular formula is C11H13FN2O3. The quantitative estimate of drug-likeness (QED) is 0.624. The molecule has 0 aliphatic heterocycles. The SMILES string of the molecule is O=C(NCCO)C(=O)NCc1ccccc1F. The molecule has 5 nitrogen and oxygen atoms in total. The van der Waals surface area contributed by atoms with Gasteiger partial charge in [-0.15, -0.1) is 0 Å². The number of carbonyl (C=O) groups excluding carboxylic acids is 2. The van der Waals surface area contributed by atoms with E-state index in [1.807, 2.05) is 0 Å². The molecule has 0 saturated carbocycles. The van der Waals surface area contributed by atoms with Crippen LogP contribution in [0, 0.1) is 5.82 Å². The highest BCUT2D eigenvalue weighted by molar-refractivity contribution is 6.35. The molecule has 0 radical (unpaired) electrons. The van der Waals surface area contributed by atoms with E-state index in [9.17, 15) is 14.0 Å². The second-order valence-corrected chi connectivity index (χ2v) is 3.25. The van der Waals surface area contributed by atoms with Gasteiger partial charge in [-0.1, -0.05) is 18.2 Å². The molecule has 92 valence electrons. The molecule has 0 aromatic heterocycles. The molecule has 1 aromatic rings. The van der Waals surface area contributed by atoms with Crippen LogP contribution in [0.25, 0.3) is 0 Å². The van der Waals surface area contributed by atoms with Crippen molar-refractivity contribution in [2.75, 3.05) is 13.2 Å². The lowest BCUT2D eigenvalue weighted by atomic mass is 10.2. The van der Waals surface area contributed by atoms with Gasteiger partial charge in [0.1, 0.15) is 5.82 Å². The zero-order valence-corrected chi connectivity index (χ0v) is 9.07. The molecule has 3 N–H and O–H groups in total. The third-order valence-corrected chi connectivity index (χ3v) is 2.00. The van der Waals surface area contributed by atoms with E-state index in [-0.39, 0.29) is 19.7 Å². The maximum Gasteiger partial charge on any atom is 0.309 e. The molecule has 1 aromatic carbocycles. The summed E-state index contributed by atoms with van der Waals surface area (Å²) in [5, 5.41) is 12.9. The number of rotatable bonds is 4. The van der Waals surface area contributed by atoms with E-state index >= 15 is 0 Å². The van der Waals surface area contributed by atoms with Crippen molar-refractivity contribution in [1.29, 1.82) is 0 Å². The van der Waals surface area contributed by atoms with Gasteiger partial charge < -0.3 is 15.7 Å². The third kappa shape index (κ3) is 4.20. The van der Waals surface area contributed by atoms with E-state index < -0.39 is 17.6 Å². The summed E-state index contributed by atoms with van der Waals surface area (Å²) in [6, 6.07) is 5.96. The predicted molar refractivity (Wildman–Crippen MR) is 58.3 cm³/mol. The zero-order valence-electron chi connectivity index (χ0n) is 9.07. The Balaban J connectivity index is 2.43. The van der Waals surface area contributed by atoms with Crippen LogP contribution in [0.5, 0.6) is 0 Å². The fourth-order valence-electron chi connectivity index (χ4n) is 1.15. The Kier molecular flexibility index (Phi) is 5.09. The van der Waals surface area contributed by atoms with Crippen LogP contribution in [0.1, 0.15) is 5.56 Å². The van der Waals surface area contributed by atoms with Crippen molar-refractivity contribution in [2.45, 2.75) is 6.54 Å². The summed E-state index contributed by atoms with van der Waals surface area (Å²) < 4.78 is 13.2. The van der Waals surface area contributed by atoms with E-state index in [2.05, 4.69) is 10.6 Å². The maximum atomic E-state index is 13.2. The van der Waals surface area contributed by atoms with Gasteiger partial charge in [0.25, 0.3) is 0 Å². The Morgan fingerprint density at radius 1 is 1.18 bits per heavy atom. The standard InChI is InChI=1S/C11H13FN2O3/c12-9-4-2-1-3-8(9)7-14-11(17)10(16)13-5-6-15/h1-4,15H,5-7H2,(H,13,16)(H,14,17). The Morgan fingerprint density at radius 2 is 1.82 bits per heavy atom. The fourth-order valence-corrected chi connectivity index (χ4v) is 1.15. The van der Waals surface area contributed by atoms with Gasteiger partial charge in [0.2, 0.25) is 0 Å². The van der Waals surface area contributed by atoms with Crippen LogP contribution in [0.15, 0.2) is 24.3 Å². The molecule has 0 aliphatic rings. The average molecular weight is 240 g/mol. The van der Waals surface area contributed by atoms with Crippen molar-refractivity contribution in [3.63, 3.8) is 0 Å². The van der Waals surface area contributed by atoms with Crippen molar-refractivity contribution >= 4 is 11.8 Å². The van der Waals surface area contributed by atoms with E-state index in [0.717, 1.165) is 0 Å². The number of hydrogen-bond acceptors (Lipinski definition) is 3. The first kappa shape index (κ1) is 13.1. The second kappa shape index (κ2) is 6.59. The molecule has 0 spiro atoms. The topological polar surface area (TPSA) is 78.4 Å². The number of hydrogen-bond donors (Lipinski definition) is 3. The zero-order chi connectivity index (χ0) is 12.7. The minimum atomic E-state index is -0.860. The van der Waals surface area contributed by atoms with Crippen LogP contribution in [0.3, 0.4) is 0 Å². The van der Waals surface area contributed by atoms with Crippen LogP contribution >= 0.6 is 0 Å². The maximum absolute atomic E-state index is 13.2. The van der Waals surface area contributed by atoms with Gasteiger partial charge in [-0.2, -0.15) is 0 Å². The molecule has 0 aliphatic carbocycles. The lowest BCUT2D eigenvalue weighted by Gasteiger charge is -2.06. The average Bonchev–Trinajstić information content (AvgIpc) is 2.34. The summed E-state index contributed by atoms with van der Waals surface area (Å²) in [4.78, 5) is 22.3. The number of carbonyl (C=O) groups is 2. The van der Waals surface area contributed by atoms with Crippen LogP contribution < -0.4 is 10.6 Å². The number of halogens is 1. The van der Waals surface area contributed by atoms with Gasteiger partial charge >= 0.3 is 11.8 Å². The van der Waals surface area contributed by atoms with Gasteiger partial charge in [0.05, 0.1) is 6.61 Å². The minimum absolute atomic E-state index is 0.00590. The van der Waals surface area contributed by atoms with Crippen molar-refractivity contribution in [3.05, 3.63) is 35.6 Å². The van der Waals surface area contributed by atoms with E-state index in [4.69, 9.17) is 5.11 Å². The molecule has 6 heteroatoms. The first-order valence-electron chi connectivity index (χ1n) is 5.05. The van der Waals surface area contributed by atoms with Crippen LogP contribution in [0.4, 0.5) is 4.39 Å². The lowest BCUT2D eigenvalue weighted by molar-refractivity contribution is -0.139. The minimum Gasteiger partial charge on any atom is -0.395 e. The number of nitrogens with one attached hydrogen (secondary N) is 2. The molecule has 0 heterocycles. The number of benzene rings is 1. The summed E-state index contributed by atoms with van der Waals surface area (Å²) in [7, 11) is 0. The van der Waals surface area contributed by atoms with E-state index in [1.165, 1.54) is 18.2 Å². The van der Waals surface area contributed by atoms with Gasteiger partial charge in [0, 0.05) is 18.7 Å². The molecule has 0 fully saturated rings. The van der Waals surface area contributed by atoms with Gasteiger partial charge in [-0.25, -0.2) is 4.39 Å². The highest BCUT2D eigenvalue weighted by Crippen LogP contribution is 2.05. The number of aliphatic hydroxyl groups excluding tert-OH is 1. The van der Waals surface area contributed by atoms with Crippen LogP contribution in [-0.2, 0) is 16.1 Å². The Bertz CT molecular complexity index is 409. The van der Waals surface area contributed by atoms with Gasteiger partial charge in [0.15, 0.2) is 0 Å². The smallest absolute Gasteiger partial charge is 0.309 e. The number of aliphatic hydroxyl groups is 1. The fraction of sp³-hybridized carbons (Fsp3) is 0.273. The molecule has 0 saturated heterocycles. The van der Waals surface area contributed by atoms with E-state index in [1.54, 1.807) is 6.07 Å². The van der Waals surface area contributed by atoms with Crippen molar-refractivity contribution in [2.24, 2.45) is 0 Å². The summed E-state index contributed by atoms with van der Waals surface area (Å²) in [5.41, 5.74) is 0.302. The molecule has 0 bridgehead atoms. The van der Waals surface area contributed by atoms with Gasteiger partial charge in [-0.05, 0) is 6.07 Å². The Morgan fingerprint density at radius 3 is 2.47 bits per heavy atom. The summed E-state index contributed by atoms with van der Waals surface area (Å²) >= 11 is 0. The highest BCUT2D eigenvalue weighted by atomic mass is 19.1. The molecular weight excluding hydrogens is 227 g/mol. The first-order valence-corrected chi connectivity index (χ1v) is 5.05. The summed E-state index contributed by atoms with van der Waals surface area (Å²) in [5.74, 6) is -2.15. The monoisotopic (exact) mass is 240 g/mol. The lowest BCUT2D eigenvalue weighted by Crippen LogP contribution is -2.40. The van der Waals surface area contributed by atoms with Crippen molar-refractivity contribution in [3.8, 4) is 0 Å². The normalized spacial score (nSPS) is 9.76. The van der Waals surface area contributed by atoms with Crippen molar-refractivity contribution in [1.82, 2.24) is 10.6 Å². The first-order chi connectivity index (χ1) is 8.15. The third-order valence-electron chi connectivity index (χ3n) is 2.00. The molecule has 17 heavy (non-hydrogen) atoms. The van der Waals surface area contributed by atoms with Crippen LogP contribution in [-0.4, -0.2) is 30.1 Å². The predicted octanol–water partition coefficient (Wildman–Crippen LogP) is -0.450. The highest BCUT2D eigenvalue weighted by Gasteiger charge is 2.12. The van der Waals surface area contributed by atoms with Crippen LogP contribution in [0.2, 0.25) is 0 Å². The van der Waals surface area contributed by atoms with E-state index in [0.29, 0.717) is 5.56 Å². The molecule has 2 amide bonds. The van der Waals surface area contributed by atoms with Gasteiger partial charge in [-0.3, -0.25) is 9.59 Å². The summed E-state index contributed by atoms with van der Waals surface area (Å²) in [6.07, 6.45) is 0. The van der Waals surface area contributed by atoms with Crippen molar-refractivity contribution < 1.29 is 19.1 Å². The Labute approximate surface area is 97.6 Å². The molecule has 1 rings (SSSR count). The summed E-state index contributed by atoms with van der Waals surface area (Å²) in [6.45, 7) is -0.295. The second-order valence-electron chi connectivity index (χ2n) is 3.25. The Hall–Kier alpha value is -1.95.